The molecule has 0 bridgehead atoms. The summed E-state index contributed by atoms with van der Waals surface area (Å²) in [5.41, 5.74) is 4.32. The molecule has 2 aliphatic heterocycles. The standard InChI is InChI=1S/C24H29BrN2O2/c1-15-20(23(29)27-10-5-4-6-11-27)21(16-8-7-9-17(25)12-16)22-18(26-15)13-24(2,3)14-19(22)28/h7-9,12,21,26H,4-6,10-11,13-14H2,1-3H3/t21-/m0/s1. The molecule has 4 rings (SSSR count). The van der Waals surface area contributed by atoms with Crippen molar-refractivity contribution in [3.8, 4) is 0 Å². The number of amides is 1. The molecule has 2 heterocycles. The Hall–Kier alpha value is -1.88. The molecule has 0 unspecified atom stereocenters. The Morgan fingerprint density at radius 2 is 1.90 bits per heavy atom. The number of halogens is 1. The number of hydrogen-bond acceptors (Lipinski definition) is 3. The summed E-state index contributed by atoms with van der Waals surface area (Å²) in [6.45, 7) is 7.86. The summed E-state index contributed by atoms with van der Waals surface area (Å²) in [5, 5.41) is 3.47. The molecule has 154 valence electrons. The molecule has 1 fully saturated rings. The maximum absolute atomic E-state index is 13.6. The van der Waals surface area contributed by atoms with E-state index in [4.69, 9.17) is 0 Å². The summed E-state index contributed by atoms with van der Waals surface area (Å²) in [5.74, 6) is -0.0733. The third-order valence-electron chi connectivity index (χ3n) is 6.30. The van der Waals surface area contributed by atoms with Crippen LogP contribution in [-0.2, 0) is 9.59 Å². The SMILES string of the molecule is CC1=C(C(=O)N2CCCCC2)[C@H](c2cccc(Br)c2)C2=C(CC(C)(C)CC2=O)N1. The summed E-state index contributed by atoms with van der Waals surface area (Å²) in [6.07, 6.45) is 4.61. The number of allylic oxidation sites excluding steroid dienone is 3. The van der Waals surface area contributed by atoms with Crippen molar-refractivity contribution in [1.82, 2.24) is 10.2 Å². The number of likely N-dealkylation sites (tertiary alicyclic amines) is 1. The van der Waals surface area contributed by atoms with Gasteiger partial charge in [0.2, 0.25) is 0 Å². The van der Waals surface area contributed by atoms with Gasteiger partial charge in [0.1, 0.15) is 0 Å². The van der Waals surface area contributed by atoms with E-state index in [1.54, 1.807) is 0 Å². The van der Waals surface area contributed by atoms with Crippen LogP contribution >= 0.6 is 15.9 Å². The lowest BCUT2D eigenvalue weighted by atomic mass is 9.68. The molecule has 1 saturated heterocycles. The van der Waals surface area contributed by atoms with Crippen LogP contribution in [0.15, 0.2) is 51.3 Å². The number of dihydropyridines is 1. The molecule has 0 aromatic heterocycles. The minimum Gasteiger partial charge on any atom is -0.362 e. The highest BCUT2D eigenvalue weighted by Gasteiger charge is 2.43. The second-order valence-corrected chi connectivity index (χ2v) is 10.3. The Bertz CT molecular complexity index is 923. The maximum Gasteiger partial charge on any atom is 0.252 e. The minimum atomic E-state index is -0.304. The Morgan fingerprint density at radius 1 is 1.17 bits per heavy atom. The summed E-state index contributed by atoms with van der Waals surface area (Å²) in [4.78, 5) is 28.9. The number of Topliss-reactive ketones (excluding diaryl/α,β-unsaturated/α-hetero) is 1. The highest BCUT2D eigenvalue weighted by molar-refractivity contribution is 9.10. The quantitative estimate of drug-likeness (QED) is 0.675. The lowest BCUT2D eigenvalue weighted by molar-refractivity contribution is -0.128. The van der Waals surface area contributed by atoms with E-state index in [0.29, 0.717) is 6.42 Å². The molecule has 1 aromatic rings. The van der Waals surface area contributed by atoms with Crippen LogP contribution < -0.4 is 5.32 Å². The highest BCUT2D eigenvalue weighted by Crippen LogP contribution is 2.47. The molecule has 3 aliphatic rings. The zero-order valence-electron chi connectivity index (χ0n) is 17.5. The third-order valence-corrected chi connectivity index (χ3v) is 6.79. The van der Waals surface area contributed by atoms with Gasteiger partial charge in [-0.05, 0) is 55.7 Å². The topological polar surface area (TPSA) is 49.4 Å². The summed E-state index contributed by atoms with van der Waals surface area (Å²) in [7, 11) is 0. The predicted molar refractivity (Wildman–Crippen MR) is 118 cm³/mol. The number of benzene rings is 1. The molecule has 0 radical (unpaired) electrons. The van der Waals surface area contributed by atoms with E-state index >= 15 is 0 Å². The monoisotopic (exact) mass is 456 g/mol. The van der Waals surface area contributed by atoms with Crippen LogP contribution in [0, 0.1) is 5.41 Å². The van der Waals surface area contributed by atoms with Gasteiger partial charge >= 0.3 is 0 Å². The van der Waals surface area contributed by atoms with Gasteiger partial charge in [0, 0.05) is 52.4 Å². The summed E-state index contributed by atoms with van der Waals surface area (Å²) >= 11 is 3.57. The average molecular weight is 457 g/mol. The van der Waals surface area contributed by atoms with E-state index in [1.165, 1.54) is 6.42 Å². The van der Waals surface area contributed by atoms with Gasteiger partial charge in [-0.1, -0.05) is 41.9 Å². The number of carbonyl (C=O) groups is 2. The van der Waals surface area contributed by atoms with Crippen molar-refractivity contribution >= 4 is 27.6 Å². The molecular weight excluding hydrogens is 428 g/mol. The Labute approximate surface area is 181 Å². The highest BCUT2D eigenvalue weighted by atomic mass is 79.9. The maximum atomic E-state index is 13.6. The van der Waals surface area contributed by atoms with Crippen molar-refractivity contribution in [3.63, 3.8) is 0 Å². The van der Waals surface area contributed by atoms with Gasteiger partial charge in [0.05, 0.1) is 0 Å². The molecule has 1 atom stereocenters. The van der Waals surface area contributed by atoms with E-state index in [9.17, 15) is 9.59 Å². The van der Waals surface area contributed by atoms with Crippen LogP contribution in [0.5, 0.6) is 0 Å². The molecule has 1 N–H and O–H groups in total. The number of nitrogens with zero attached hydrogens (tertiary/aromatic N) is 1. The average Bonchev–Trinajstić information content (AvgIpc) is 2.66. The Morgan fingerprint density at radius 3 is 2.59 bits per heavy atom. The van der Waals surface area contributed by atoms with Crippen LogP contribution in [0.2, 0.25) is 0 Å². The van der Waals surface area contributed by atoms with Crippen molar-refractivity contribution in [2.24, 2.45) is 5.41 Å². The van der Waals surface area contributed by atoms with E-state index in [-0.39, 0.29) is 23.0 Å². The largest absolute Gasteiger partial charge is 0.362 e. The van der Waals surface area contributed by atoms with Gasteiger partial charge in [-0.3, -0.25) is 9.59 Å². The van der Waals surface area contributed by atoms with Gasteiger partial charge in [0.15, 0.2) is 5.78 Å². The van der Waals surface area contributed by atoms with Gasteiger partial charge in [-0.2, -0.15) is 0 Å². The van der Waals surface area contributed by atoms with Gasteiger partial charge in [-0.15, -0.1) is 0 Å². The molecule has 1 aliphatic carbocycles. The van der Waals surface area contributed by atoms with Crippen molar-refractivity contribution < 1.29 is 9.59 Å². The van der Waals surface area contributed by atoms with E-state index < -0.39 is 0 Å². The van der Waals surface area contributed by atoms with Crippen LogP contribution in [0.25, 0.3) is 0 Å². The summed E-state index contributed by atoms with van der Waals surface area (Å²) < 4.78 is 0.960. The zero-order valence-corrected chi connectivity index (χ0v) is 19.1. The van der Waals surface area contributed by atoms with Crippen LogP contribution in [0.1, 0.15) is 64.4 Å². The first-order valence-corrected chi connectivity index (χ1v) is 11.3. The number of hydrogen-bond donors (Lipinski definition) is 1. The molecule has 0 spiro atoms. The fraction of sp³-hybridized carbons (Fsp3) is 0.500. The van der Waals surface area contributed by atoms with Gasteiger partial charge in [-0.25, -0.2) is 0 Å². The van der Waals surface area contributed by atoms with E-state index in [1.807, 2.05) is 36.1 Å². The van der Waals surface area contributed by atoms with Gasteiger partial charge < -0.3 is 10.2 Å². The third kappa shape index (κ3) is 3.94. The van der Waals surface area contributed by atoms with Crippen LogP contribution in [0.3, 0.4) is 0 Å². The normalized spacial score (nSPS) is 24.3. The molecule has 0 saturated carbocycles. The van der Waals surface area contributed by atoms with E-state index in [2.05, 4.69) is 35.1 Å². The second kappa shape index (κ2) is 7.75. The number of ketones is 1. The molecule has 5 heteroatoms. The first kappa shape index (κ1) is 20.4. The molecule has 1 aromatic carbocycles. The predicted octanol–water partition coefficient (Wildman–Crippen LogP) is 5.07. The zero-order chi connectivity index (χ0) is 20.8. The van der Waals surface area contributed by atoms with Crippen molar-refractivity contribution in [2.75, 3.05) is 13.1 Å². The molecule has 29 heavy (non-hydrogen) atoms. The molecule has 4 nitrogen and oxygen atoms in total. The molecular formula is C24H29BrN2O2. The van der Waals surface area contributed by atoms with Gasteiger partial charge in [0.25, 0.3) is 5.91 Å². The lowest BCUT2D eigenvalue weighted by Gasteiger charge is -2.41. The van der Waals surface area contributed by atoms with Crippen LogP contribution in [0.4, 0.5) is 0 Å². The first-order chi connectivity index (χ1) is 13.8. The molecule has 1 amide bonds. The lowest BCUT2D eigenvalue weighted by Crippen LogP contribution is -2.43. The summed E-state index contributed by atoms with van der Waals surface area (Å²) in [6, 6.07) is 8.05. The van der Waals surface area contributed by atoms with E-state index in [0.717, 1.165) is 64.9 Å². The number of piperidine rings is 1. The Kier molecular flexibility index (Phi) is 5.45. The van der Waals surface area contributed by atoms with Crippen LogP contribution in [-0.4, -0.2) is 29.7 Å². The number of nitrogens with one attached hydrogen (secondary N) is 1. The Balaban J connectivity index is 1.83. The second-order valence-electron chi connectivity index (χ2n) is 9.34. The smallest absolute Gasteiger partial charge is 0.252 e. The van der Waals surface area contributed by atoms with Crippen molar-refractivity contribution in [2.45, 2.75) is 58.8 Å². The number of carbonyl (C=O) groups excluding carboxylic acids is 2. The van der Waals surface area contributed by atoms with Crippen molar-refractivity contribution in [1.29, 1.82) is 0 Å². The minimum absolute atomic E-state index is 0.0700. The fourth-order valence-electron chi connectivity index (χ4n) is 5.01. The first-order valence-electron chi connectivity index (χ1n) is 10.6. The number of rotatable bonds is 2. The fourth-order valence-corrected chi connectivity index (χ4v) is 5.42. The van der Waals surface area contributed by atoms with Crippen molar-refractivity contribution in [3.05, 3.63) is 56.8 Å².